The van der Waals surface area contributed by atoms with Crippen molar-refractivity contribution in [3.63, 3.8) is 0 Å². The molecular weight excluding hydrogens is 282 g/mol. The number of aliphatic carboxylic acids is 1. The molecule has 0 aliphatic heterocycles. The number of hydrogen-bond donors (Lipinski definition) is 2. The molecule has 0 saturated heterocycles. The maximum absolute atomic E-state index is 12.4. The molecule has 1 aromatic heterocycles. The van der Waals surface area contributed by atoms with Gasteiger partial charge in [0.15, 0.2) is 6.04 Å². The van der Waals surface area contributed by atoms with Crippen LogP contribution in [0.5, 0.6) is 0 Å². The Morgan fingerprint density at radius 2 is 1.86 bits per heavy atom. The molecule has 2 rings (SSSR count). The standard InChI is InChI=1S/C16H19N3O3/c1-10(2)12-9-13(19(3)18-12)15(20)17-14(16(21)22)11-7-5-4-6-8-11/h4-10,14H,1-3H3,(H,17,20)(H,21,22). The van der Waals surface area contributed by atoms with Gasteiger partial charge in [0, 0.05) is 7.05 Å². The van der Waals surface area contributed by atoms with Crippen molar-refractivity contribution in [3.05, 3.63) is 53.3 Å². The molecular formula is C16H19N3O3. The van der Waals surface area contributed by atoms with Crippen molar-refractivity contribution in [2.45, 2.75) is 25.8 Å². The van der Waals surface area contributed by atoms with Gasteiger partial charge in [-0.05, 0) is 17.5 Å². The second kappa shape index (κ2) is 6.43. The van der Waals surface area contributed by atoms with E-state index in [1.165, 1.54) is 4.68 Å². The monoisotopic (exact) mass is 301 g/mol. The second-order valence-electron chi connectivity index (χ2n) is 5.39. The third-order valence-corrected chi connectivity index (χ3v) is 3.38. The molecule has 0 saturated carbocycles. The summed E-state index contributed by atoms with van der Waals surface area (Å²) in [5.74, 6) is -1.37. The van der Waals surface area contributed by atoms with Crippen LogP contribution in [0.4, 0.5) is 0 Å². The Bertz CT molecular complexity index is 677. The number of carbonyl (C=O) groups excluding carboxylic acids is 1. The third-order valence-electron chi connectivity index (χ3n) is 3.38. The zero-order valence-corrected chi connectivity index (χ0v) is 12.8. The van der Waals surface area contributed by atoms with Crippen LogP contribution in [0.3, 0.4) is 0 Å². The molecule has 0 radical (unpaired) electrons. The summed E-state index contributed by atoms with van der Waals surface area (Å²) in [6.07, 6.45) is 0. The topological polar surface area (TPSA) is 84.2 Å². The van der Waals surface area contributed by atoms with Crippen LogP contribution in [0, 0.1) is 0 Å². The van der Waals surface area contributed by atoms with Gasteiger partial charge >= 0.3 is 5.97 Å². The Hall–Kier alpha value is -2.63. The number of aromatic nitrogens is 2. The molecule has 1 atom stereocenters. The third kappa shape index (κ3) is 3.33. The molecule has 1 heterocycles. The van der Waals surface area contributed by atoms with Gasteiger partial charge in [0.05, 0.1) is 5.69 Å². The van der Waals surface area contributed by atoms with Crippen LogP contribution in [0.15, 0.2) is 36.4 Å². The smallest absolute Gasteiger partial charge is 0.330 e. The summed E-state index contributed by atoms with van der Waals surface area (Å²) in [4.78, 5) is 23.8. The molecule has 0 bridgehead atoms. The minimum absolute atomic E-state index is 0.192. The predicted octanol–water partition coefficient (Wildman–Crippen LogP) is 2.10. The first-order valence-corrected chi connectivity index (χ1v) is 7.02. The maximum atomic E-state index is 12.4. The molecule has 6 nitrogen and oxygen atoms in total. The van der Waals surface area contributed by atoms with Gasteiger partial charge in [-0.1, -0.05) is 44.2 Å². The van der Waals surface area contributed by atoms with Crippen molar-refractivity contribution < 1.29 is 14.7 Å². The Labute approximate surface area is 128 Å². The summed E-state index contributed by atoms with van der Waals surface area (Å²) in [5, 5.41) is 16.2. The lowest BCUT2D eigenvalue weighted by Crippen LogP contribution is -2.34. The fourth-order valence-corrected chi connectivity index (χ4v) is 2.12. The number of amides is 1. The van der Waals surface area contributed by atoms with E-state index in [-0.39, 0.29) is 5.92 Å². The number of aryl methyl sites for hydroxylation is 1. The van der Waals surface area contributed by atoms with Crippen molar-refractivity contribution in [1.82, 2.24) is 15.1 Å². The van der Waals surface area contributed by atoms with E-state index in [0.717, 1.165) is 5.69 Å². The molecule has 0 aliphatic rings. The molecule has 6 heteroatoms. The van der Waals surface area contributed by atoms with E-state index in [4.69, 9.17) is 0 Å². The van der Waals surface area contributed by atoms with Crippen molar-refractivity contribution >= 4 is 11.9 Å². The number of rotatable bonds is 5. The van der Waals surface area contributed by atoms with Gasteiger partial charge in [-0.3, -0.25) is 9.48 Å². The molecule has 0 spiro atoms. The maximum Gasteiger partial charge on any atom is 0.330 e. The van der Waals surface area contributed by atoms with Crippen LogP contribution in [0.25, 0.3) is 0 Å². The van der Waals surface area contributed by atoms with Gasteiger partial charge in [0.25, 0.3) is 5.91 Å². The fourth-order valence-electron chi connectivity index (χ4n) is 2.12. The van der Waals surface area contributed by atoms with Gasteiger partial charge in [-0.25, -0.2) is 4.79 Å². The summed E-state index contributed by atoms with van der Waals surface area (Å²) in [6, 6.07) is 9.19. The minimum atomic E-state index is -1.11. The molecule has 0 aliphatic carbocycles. The summed E-state index contributed by atoms with van der Waals surface area (Å²) in [6.45, 7) is 3.96. The first-order valence-electron chi connectivity index (χ1n) is 7.02. The quantitative estimate of drug-likeness (QED) is 0.885. The van der Waals surface area contributed by atoms with Crippen molar-refractivity contribution in [3.8, 4) is 0 Å². The Kier molecular flexibility index (Phi) is 4.60. The Morgan fingerprint density at radius 1 is 1.23 bits per heavy atom. The fraction of sp³-hybridized carbons (Fsp3) is 0.312. The van der Waals surface area contributed by atoms with E-state index in [1.807, 2.05) is 13.8 Å². The number of nitrogens with zero attached hydrogens (tertiary/aromatic N) is 2. The lowest BCUT2D eigenvalue weighted by atomic mass is 10.1. The first kappa shape index (κ1) is 15.8. The SMILES string of the molecule is CC(C)c1cc(C(=O)NC(C(=O)O)c2ccccc2)n(C)n1. The molecule has 116 valence electrons. The van der Waals surface area contributed by atoms with Gasteiger partial charge in [-0.2, -0.15) is 5.10 Å². The predicted molar refractivity (Wildman–Crippen MR) is 81.6 cm³/mol. The van der Waals surface area contributed by atoms with Crippen molar-refractivity contribution in [2.24, 2.45) is 7.05 Å². The zero-order valence-electron chi connectivity index (χ0n) is 12.8. The highest BCUT2D eigenvalue weighted by Gasteiger charge is 2.24. The van der Waals surface area contributed by atoms with Crippen molar-refractivity contribution in [2.75, 3.05) is 0 Å². The highest BCUT2D eigenvalue weighted by molar-refractivity contribution is 5.95. The average molecular weight is 301 g/mol. The molecule has 22 heavy (non-hydrogen) atoms. The number of nitrogens with one attached hydrogen (secondary N) is 1. The molecule has 2 N–H and O–H groups in total. The highest BCUT2D eigenvalue weighted by atomic mass is 16.4. The van der Waals surface area contributed by atoms with Gasteiger partial charge in [-0.15, -0.1) is 0 Å². The zero-order chi connectivity index (χ0) is 16.3. The van der Waals surface area contributed by atoms with Gasteiger partial charge < -0.3 is 10.4 Å². The summed E-state index contributed by atoms with van der Waals surface area (Å²) in [5.41, 5.74) is 1.65. The van der Waals surface area contributed by atoms with Gasteiger partial charge in [0.2, 0.25) is 0 Å². The number of carbonyl (C=O) groups is 2. The number of benzene rings is 1. The van der Waals surface area contributed by atoms with Crippen LogP contribution in [0.1, 0.15) is 47.6 Å². The highest BCUT2D eigenvalue weighted by Crippen LogP contribution is 2.16. The van der Waals surface area contributed by atoms with E-state index in [0.29, 0.717) is 11.3 Å². The average Bonchev–Trinajstić information content (AvgIpc) is 2.87. The lowest BCUT2D eigenvalue weighted by molar-refractivity contribution is -0.139. The Morgan fingerprint density at radius 3 is 2.36 bits per heavy atom. The molecule has 0 fully saturated rings. The van der Waals surface area contributed by atoms with Crippen LogP contribution >= 0.6 is 0 Å². The normalized spacial score (nSPS) is 12.2. The molecule has 2 aromatic rings. The van der Waals surface area contributed by atoms with E-state index in [9.17, 15) is 14.7 Å². The number of carboxylic acid groups (broad SMARTS) is 1. The number of carboxylic acids is 1. The van der Waals surface area contributed by atoms with Crippen LogP contribution in [0.2, 0.25) is 0 Å². The van der Waals surface area contributed by atoms with E-state index < -0.39 is 17.9 Å². The summed E-state index contributed by atoms with van der Waals surface area (Å²) in [7, 11) is 1.67. The van der Waals surface area contributed by atoms with Crippen LogP contribution < -0.4 is 5.32 Å². The number of hydrogen-bond acceptors (Lipinski definition) is 3. The molecule has 1 amide bonds. The summed E-state index contributed by atoms with van der Waals surface area (Å²) < 4.78 is 1.47. The van der Waals surface area contributed by atoms with Crippen LogP contribution in [-0.2, 0) is 11.8 Å². The lowest BCUT2D eigenvalue weighted by Gasteiger charge is -2.14. The summed E-state index contributed by atoms with van der Waals surface area (Å²) >= 11 is 0. The van der Waals surface area contributed by atoms with E-state index >= 15 is 0 Å². The van der Waals surface area contributed by atoms with Gasteiger partial charge in [0.1, 0.15) is 5.69 Å². The largest absolute Gasteiger partial charge is 0.479 e. The van der Waals surface area contributed by atoms with E-state index in [1.54, 1.807) is 43.4 Å². The first-order chi connectivity index (χ1) is 10.4. The van der Waals surface area contributed by atoms with Crippen molar-refractivity contribution in [1.29, 1.82) is 0 Å². The minimum Gasteiger partial charge on any atom is -0.479 e. The second-order valence-corrected chi connectivity index (χ2v) is 5.39. The van der Waals surface area contributed by atoms with Crippen LogP contribution in [-0.4, -0.2) is 26.8 Å². The molecule has 1 aromatic carbocycles. The van der Waals surface area contributed by atoms with E-state index in [2.05, 4.69) is 10.4 Å². The molecule has 1 unspecified atom stereocenters. The Balaban J connectivity index is 2.24.